The number of benzene rings is 1. The molecule has 0 aliphatic carbocycles. The Morgan fingerprint density at radius 3 is 2.56 bits per heavy atom. The van der Waals surface area contributed by atoms with Gasteiger partial charge in [-0.2, -0.15) is 0 Å². The summed E-state index contributed by atoms with van der Waals surface area (Å²) in [4.78, 5) is 0. The van der Waals surface area contributed by atoms with E-state index in [1.807, 2.05) is 6.07 Å². The molecule has 1 N–H and O–H groups in total. The van der Waals surface area contributed by atoms with Gasteiger partial charge in [0.1, 0.15) is 5.75 Å². The van der Waals surface area contributed by atoms with Crippen LogP contribution in [-0.4, -0.2) is 13.7 Å². The number of methoxy groups -OCH3 is 1. The predicted octanol–water partition coefficient (Wildman–Crippen LogP) is 3.04. The van der Waals surface area contributed by atoms with E-state index < -0.39 is 0 Å². The Hall–Kier alpha value is -1.62. The van der Waals surface area contributed by atoms with Gasteiger partial charge in [-0.05, 0) is 23.1 Å². The Morgan fingerprint density at radius 2 is 2.06 bits per heavy atom. The van der Waals surface area contributed by atoms with E-state index >= 15 is 0 Å². The summed E-state index contributed by atoms with van der Waals surface area (Å²) in [6, 6.07) is 6.15. The maximum Gasteiger partial charge on any atom is 0.141 e. The van der Waals surface area contributed by atoms with Crippen molar-refractivity contribution in [1.29, 1.82) is 0 Å². The molecule has 1 aromatic rings. The van der Waals surface area contributed by atoms with Crippen LogP contribution >= 0.6 is 0 Å². The fraction of sp³-hybridized carbons (Fsp3) is 0.429. The lowest BCUT2D eigenvalue weighted by molar-refractivity contribution is 0.416. The third-order valence-corrected chi connectivity index (χ3v) is 2.45. The number of hydrogen-bond donors (Lipinski definition) is 1. The van der Waals surface area contributed by atoms with Gasteiger partial charge in [-0.25, -0.2) is 0 Å². The first kappa shape index (κ1) is 12.4. The lowest BCUT2D eigenvalue weighted by Crippen LogP contribution is -2.12. The van der Waals surface area contributed by atoms with Crippen molar-refractivity contribution in [3.05, 3.63) is 23.8 Å². The first-order valence-corrected chi connectivity index (χ1v) is 5.35. The Morgan fingerprint density at radius 1 is 1.38 bits per heavy atom. The third-order valence-electron chi connectivity index (χ3n) is 2.45. The van der Waals surface area contributed by atoms with Crippen LogP contribution in [0.3, 0.4) is 0 Å². The lowest BCUT2D eigenvalue weighted by Gasteiger charge is -2.21. The van der Waals surface area contributed by atoms with Crippen LogP contribution in [0.15, 0.2) is 18.2 Å². The third kappa shape index (κ3) is 2.93. The van der Waals surface area contributed by atoms with E-state index in [2.05, 4.69) is 44.1 Å². The van der Waals surface area contributed by atoms with Crippen LogP contribution < -0.4 is 10.1 Å². The minimum Gasteiger partial charge on any atom is -0.495 e. The zero-order chi connectivity index (χ0) is 12.2. The Bertz CT molecular complexity index is 396. The number of terminal acetylenes is 1. The number of anilines is 1. The van der Waals surface area contributed by atoms with Crippen LogP contribution in [0.2, 0.25) is 0 Å². The average molecular weight is 217 g/mol. The summed E-state index contributed by atoms with van der Waals surface area (Å²) in [5, 5.41) is 3.17. The molecular weight excluding hydrogens is 198 g/mol. The zero-order valence-electron chi connectivity index (χ0n) is 10.4. The minimum absolute atomic E-state index is 0.124. The average Bonchev–Trinajstić information content (AvgIpc) is 2.24. The second-order valence-corrected chi connectivity index (χ2v) is 4.72. The fourth-order valence-electron chi connectivity index (χ4n) is 1.46. The van der Waals surface area contributed by atoms with Gasteiger partial charge >= 0.3 is 0 Å². The van der Waals surface area contributed by atoms with E-state index in [1.165, 1.54) is 5.56 Å². The molecule has 0 bridgehead atoms. The largest absolute Gasteiger partial charge is 0.495 e. The van der Waals surface area contributed by atoms with Crippen molar-refractivity contribution in [1.82, 2.24) is 0 Å². The topological polar surface area (TPSA) is 21.3 Å². The smallest absolute Gasteiger partial charge is 0.141 e. The molecule has 1 rings (SSSR count). The predicted molar refractivity (Wildman–Crippen MR) is 69.0 cm³/mol. The van der Waals surface area contributed by atoms with Crippen molar-refractivity contribution in [2.24, 2.45) is 0 Å². The van der Waals surface area contributed by atoms with Crippen molar-refractivity contribution >= 4 is 5.69 Å². The molecule has 86 valence electrons. The summed E-state index contributed by atoms with van der Waals surface area (Å²) in [5.41, 5.74) is 2.33. The van der Waals surface area contributed by atoms with E-state index in [4.69, 9.17) is 11.2 Å². The molecule has 0 aliphatic rings. The Kier molecular flexibility index (Phi) is 3.84. The monoisotopic (exact) mass is 217 g/mol. The second-order valence-electron chi connectivity index (χ2n) is 4.72. The normalized spacial score (nSPS) is 10.7. The molecule has 0 amide bonds. The van der Waals surface area contributed by atoms with Crippen molar-refractivity contribution in [3.8, 4) is 18.1 Å². The zero-order valence-corrected chi connectivity index (χ0v) is 10.4. The summed E-state index contributed by atoms with van der Waals surface area (Å²) in [6.07, 6.45) is 5.24. The van der Waals surface area contributed by atoms with Gasteiger partial charge in [-0.3, -0.25) is 0 Å². The van der Waals surface area contributed by atoms with Gasteiger partial charge in [0.2, 0.25) is 0 Å². The molecule has 0 aromatic heterocycles. The van der Waals surface area contributed by atoms with Gasteiger partial charge in [0.05, 0.1) is 19.3 Å². The highest BCUT2D eigenvalue weighted by atomic mass is 16.5. The molecular formula is C14H19NO. The van der Waals surface area contributed by atoms with E-state index in [9.17, 15) is 0 Å². The van der Waals surface area contributed by atoms with Crippen LogP contribution in [0.4, 0.5) is 5.69 Å². The molecule has 0 atom stereocenters. The van der Waals surface area contributed by atoms with Crippen LogP contribution in [0, 0.1) is 12.3 Å². The highest BCUT2D eigenvalue weighted by molar-refractivity contribution is 5.59. The van der Waals surface area contributed by atoms with Crippen molar-refractivity contribution in [2.75, 3.05) is 19.0 Å². The van der Waals surface area contributed by atoms with Crippen molar-refractivity contribution in [2.45, 2.75) is 26.2 Å². The van der Waals surface area contributed by atoms with Crippen molar-refractivity contribution in [3.63, 3.8) is 0 Å². The van der Waals surface area contributed by atoms with Crippen LogP contribution in [0.1, 0.15) is 26.3 Å². The van der Waals surface area contributed by atoms with Gasteiger partial charge in [-0.1, -0.05) is 32.8 Å². The standard InChI is InChI=1S/C14H19NO/c1-6-9-15-12-10-11(14(2,3)4)7-8-13(12)16-5/h1,7-8,10,15H,9H2,2-5H3. The first-order valence-electron chi connectivity index (χ1n) is 5.35. The SMILES string of the molecule is C#CCNc1cc(C(C)(C)C)ccc1OC. The molecule has 1 aromatic carbocycles. The molecule has 0 spiro atoms. The van der Waals surface area contributed by atoms with Gasteiger partial charge < -0.3 is 10.1 Å². The fourth-order valence-corrected chi connectivity index (χ4v) is 1.46. The summed E-state index contributed by atoms with van der Waals surface area (Å²) in [6.45, 7) is 7.04. The molecule has 0 aliphatic heterocycles. The summed E-state index contributed by atoms with van der Waals surface area (Å²) in [5.74, 6) is 3.38. The van der Waals surface area contributed by atoms with Gasteiger partial charge in [0, 0.05) is 0 Å². The van der Waals surface area contributed by atoms with E-state index in [0.717, 1.165) is 11.4 Å². The Balaban J connectivity index is 3.07. The minimum atomic E-state index is 0.124. The molecule has 2 nitrogen and oxygen atoms in total. The van der Waals surface area contributed by atoms with Crippen molar-refractivity contribution < 1.29 is 4.74 Å². The number of ether oxygens (including phenoxy) is 1. The summed E-state index contributed by atoms with van der Waals surface area (Å²) in [7, 11) is 1.66. The molecule has 0 heterocycles. The van der Waals surface area contributed by atoms with Crippen LogP contribution in [0.25, 0.3) is 0 Å². The molecule has 0 saturated heterocycles. The number of nitrogens with one attached hydrogen (secondary N) is 1. The molecule has 2 heteroatoms. The molecule has 16 heavy (non-hydrogen) atoms. The van der Waals surface area contributed by atoms with Crippen LogP contribution in [0.5, 0.6) is 5.75 Å². The number of rotatable bonds is 3. The van der Waals surface area contributed by atoms with Gasteiger partial charge in [0.25, 0.3) is 0 Å². The highest BCUT2D eigenvalue weighted by Gasteiger charge is 2.15. The maximum atomic E-state index is 5.28. The summed E-state index contributed by atoms with van der Waals surface area (Å²) < 4.78 is 5.28. The molecule has 0 fully saturated rings. The molecule has 0 saturated carbocycles. The van der Waals surface area contributed by atoms with Gasteiger partial charge in [0.15, 0.2) is 0 Å². The Labute approximate surface area is 98.0 Å². The second kappa shape index (κ2) is 4.94. The quantitative estimate of drug-likeness (QED) is 0.786. The van der Waals surface area contributed by atoms with E-state index in [-0.39, 0.29) is 5.41 Å². The molecule has 0 radical (unpaired) electrons. The highest BCUT2D eigenvalue weighted by Crippen LogP contribution is 2.31. The molecule has 0 unspecified atom stereocenters. The first-order chi connectivity index (χ1) is 7.49. The van der Waals surface area contributed by atoms with Crippen LogP contribution in [-0.2, 0) is 5.41 Å². The van der Waals surface area contributed by atoms with E-state index in [0.29, 0.717) is 6.54 Å². The lowest BCUT2D eigenvalue weighted by atomic mass is 9.87. The summed E-state index contributed by atoms with van der Waals surface area (Å²) >= 11 is 0. The maximum absolute atomic E-state index is 5.28. The number of hydrogen-bond acceptors (Lipinski definition) is 2. The van der Waals surface area contributed by atoms with Gasteiger partial charge in [-0.15, -0.1) is 6.42 Å². The van der Waals surface area contributed by atoms with E-state index in [1.54, 1.807) is 7.11 Å².